The highest BCUT2D eigenvalue weighted by molar-refractivity contribution is 9.10. The lowest BCUT2D eigenvalue weighted by molar-refractivity contribution is 0.0929. The Hall–Kier alpha value is -2.76. The van der Waals surface area contributed by atoms with Crippen molar-refractivity contribution in [2.24, 2.45) is 5.10 Å². The standard InChI is InChI=1S/C20H14Br2N2O4/c1-3-6-27-18-10-15(22)13(9-17(18)26-2)11-23-24-20(25)19-8-12-7-14(21)4-5-16(12)28-19/h1,4-5,7-11H,6H2,2H3,(H,24,25)/b23-11+. The van der Waals surface area contributed by atoms with Gasteiger partial charge in [-0.3, -0.25) is 4.79 Å². The molecule has 0 saturated heterocycles. The largest absolute Gasteiger partial charge is 0.493 e. The van der Waals surface area contributed by atoms with Gasteiger partial charge in [-0.15, -0.1) is 6.42 Å². The van der Waals surface area contributed by atoms with E-state index in [9.17, 15) is 4.79 Å². The number of nitrogens with one attached hydrogen (secondary N) is 1. The fourth-order valence-corrected chi connectivity index (χ4v) is 3.19. The number of carbonyl (C=O) groups excluding carboxylic acids is 1. The molecule has 1 amide bonds. The average molecular weight is 506 g/mol. The zero-order chi connectivity index (χ0) is 20.1. The van der Waals surface area contributed by atoms with Crippen molar-refractivity contribution >= 4 is 55.0 Å². The van der Waals surface area contributed by atoms with E-state index in [0.717, 1.165) is 9.86 Å². The van der Waals surface area contributed by atoms with Crippen molar-refractivity contribution in [1.82, 2.24) is 5.43 Å². The van der Waals surface area contributed by atoms with Gasteiger partial charge in [0.1, 0.15) is 12.2 Å². The van der Waals surface area contributed by atoms with E-state index < -0.39 is 5.91 Å². The summed E-state index contributed by atoms with van der Waals surface area (Å²) in [7, 11) is 1.52. The summed E-state index contributed by atoms with van der Waals surface area (Å²) in [5.41, 5.74) is 3.74. The summed E-state index contributed by atoms with van der Waals surface area (Å²) >= 11 is 6.82. The third-order valence-electron chi connectivity index (χ3n) is 3.67. The van der Waals surface area contributed by atoms with Crippen LogP contribution in [-0.4, -0.2) is 25.8 Å². The van der Waals surface area contributed by atoms with Crippen LogP contribution >= 0.6 is 31.9 Å². The van der Waals surface area contributed by atoms with Crippen molar-refractivity contribution in [1.29, 1.82) is 0 Å². The molecule has 1 aromatic heterocycles. The molecule has 1 heterocycles. The van der Waals surface area contributed by atoms with Crippen LogP contribution in [0.15, 0.2) is 54.9 Å². The Labute approximate surface area is 178 Å². The molecule has 6 nitrogen and oxygen atoms in total. The smallest absolute Gasteiger partial charge is 0.307 e. The Morgan fingerprint density at radius 2 is 2.11 bits per heavy atom. The van der Waals surface area contributed by atoms with E-state index >= 15 is 0 Å². The Morgan fingerprint density at radius 3 is 2.86 bits per heavy atom. The molecule has 0 radical (unpaired) electrons. The number of fused-ring (bicyclic) bond motifs is 1. The van der Waals surface area contributed by atoms with Crippen molar-refractivity contribution in [3.63, 3.8) is 0 Å². The summed E-state index contributed by atoms with van der Waals surface area (Å²) in [4.78, 5) is 12.3. The van der Waals surface area contributed by atoms with E-state index in [1.807, 2.05) is 12.1 Å². The van der Waals surface area contributed by atoms with Gasteiger partial charge in [-0.25, -0.2) is 5.43 Å². The molecule has 28 heavy (non-hydrogen) atoms. The van der Waals surface area contributed by atoms with Crippen LogP contribution in [0.25, 0.3) is 11.0 Å². The molecule has 1 N–H and O–H groups in total. The fraction of sp³-hybridized carbons (Fsp3) is 0.100. The van der Waals surface area contributed by atoms with Gasteiger partial charge in [0.05, 0.1) is 13.3 Å². The maximum absolute atomic E-state index is 12.3. The molecule has 8 heteroatoms. The summed E-state index contributed by atoms with van der Waals surface area (Å²) in [5.74, 6) is 3.10. The number of hydrogen-bond acceptors (Lipinski definition) is 5. The van der Waals surface area contributed by atoms with Gasteiger partial charge in [0.25, 0.3) is 0 Å². The van der Waals surface area contributed by atoms with Crippen LogP contribution in [0, 0.1) is 12.3 Å². The summed E-state index contributed by atoms with van der Waals surface area (Å²) in [6.45, 7) is 0.125. The van der Waals surface area contributed by atoms with Crippen LogP contribution in [0.1, 0.15) is 16.1 Å². The highest BCUT2D eigenvalue weighted by Crippen LogP contribution is 2.32. The van der Waals surface area contributed by atoms with Gasteiger partial charge in [0, 0.05) is 19.9 Å². The van der Waals surface area contributed by atoms with Crippen molar-refractivity contribution in [2.75, 3.05) is 13.7 Å². The first-order valence-corrected chi connectivity index (χ1v) is 9.56. The molecule has 0 unspecified atom stereocenters. The first kappa shape index (κ1) is 20.0. The Balaban J connectivity index is 1.74. The predicted octanol–water partition coefficient (Wildman–Crippen LogP) is 4.74. The number of furan rings is 1. The van der Waals surface area contributed by atoms with Crippen molar-refractivity contribution < 1.29 is 18.7 Å². The van der Waals surface area contributed by atoms with Gasteiger partial charge >= 0.3 is 5.91 Å². The fourth-order valence-electron chi connectivity index (χ4n) is 2.38. The third-order valence-corrected chi connectivity index (χ3v) is 4.85. The number of hydrazone groups is 1. The van der Waals surface area contributed by atoms with Gasteiger partial charge in [-0.2, -0.15) is 5.10 Å². The van der Waals surface area contributed by atoms with E-state index in [4.69, 9.17) is 20.3 Å². The van der Waals surface area contributed by atoms with Crippen LogP contribution in [0.5, 0.6) is 11.5 Å². The zero-order valence-corrected chi connectivity index (χ0v) is 17.8. The second-order valence-corrected chi connectivity index (χ2v) is 7.28. The topological polar surface area (TPSA) is 73.1 Å². The van der Waals surface area contributed by atoms with Crippen molar-refractivity contribution in [3.8, 4) is 23.8 Å². The van der Waals surface area contributed by atoms with Gasteiger partial charge in [0.2, 0.25) is 0 Å². The van der Waals surface area contributed by atoms with Crippen LogP contribution in [0.4, 0.5) is 0 Å². The number of carbonyl (C=O) groups is 1. The number of nitrogens with zero attached hydrogens (tertiary/aromatic N) is 1. The highest BCUT2D eigenvalue weighted by Gasteiger charge is 2.12. The molecule has 0 aliphatic rings. The Kier molecular flexibility index (Phi) is 6.39. The molecule has 142 valence electrons. The van der Waals surface area contributed by atoms with Crippen LogP contribution in [-0.2, 0) is 0 Å². The van der Waals surface area contributed by atoms with Gasteiger partial charge in [-0.1, -0.05) is 21.9 Å². The second kappa shape index (κ2) is 8.95. The number of amides is 1. The summed E-state index contributed by atoms with van der Waals surface area (Å²) in [5, 5.41) is 4.80. The third kappa shape index (κ3) is 4.55. The second-order valence-electron chi connectivity index (χ2n) is 5.51. The normalized spacial score (nSPS) is 10.8. The van der Waals surface area contributed by atoms with Crippen LogP contribution < -0.4 is 14.9 Å². The Bertz CT molecular complexity index is 1100. The SMILES string of the molecule is C#CCOc1cc(Br)c(/C=N/NC(=O)c2cc3cc(Br)ccc3o2)cc1OC. The van der Waals surface area contributed by atoms with Crippen LogP contribution in [0.3, 0.4) is 0 Å². The number of hydrogen-bond donors (Lipinski definition) is 1. The highest BCUT2D eigenvalue weighted by atomic mass is 79.9. The van der Waals surface area contributed by atoms with Crippen molar-refractivity contribution in [2.45, 2.75) is 0 Å². The first-order valence-electron chi connectivity index (χ1n) is 7.98. The minimum absolute atomic E-state index is 0.125. The molecule has 3 rings (SSSR count). The number of rotatable bonds is 6. The van der Waals surface area contributed by atoms with E-state index in [-0.39, 0.29) is 12.4 Å². The van der Waals surface area contributed by atoms with E-state index in [1.165, 1.54) is 13.3 Å². The number of ether oxygens (including phenoxy) is 2. The lowest BCUT2D eigenvalue weighted by Gasteiger charge is -2.10. The lowest BCUT2D eigenvalue weighted by Crippen LogP contribution is -2.16. The molecule has 0 aliphatic heterocycles. The lowest BCUT2D eigenvalue weighted by atomic mass is 10.2. The Morgan fingerprint density at radius 1 is 1.29 bits per heavy atom. The minimum Gasteiger partial charge on any atom is -0.493 e. The molecule has 0 saturated carbocycles. The molecule has 0 atom stereocenters. The summed E-state index contributed by atoms with van der Waals surface area (Å²) in [6.07, 6.45) is 6.69. The summed E-state index contributed by atoms with van der Waals surface area (Å²) in [6, 6.07) is 10.6. The number of benzene rings is 2. The molecule has 0 fully saturated rings. The molecule has 0 bridgehead atoms. The van der Waals surface area contributed by atoms with E-state index in [2.05, 4.69) is 48.3 Å². The van der Waals surface area contributed by atoms with Crippen LogP contribution in [0.2, 0.25) is 0 Å². The molecular weight excluding hydrogens is 492 g/mol. The first-order chi connectivity index (χ1) is 13.5. The minimum atomic E-state index is -0.458. The number of methoxy groups -OCH3 is 1. The number of terminal acetylenes is 1. The number of halogens is 2. The molecule has 0 aliphatic carbocycles. The van der Waals surface area contributed by atoms with Crippen molar-refractivity contribution in [3.05, 3.63) is 56.7 Å². The van der Waals surface area contributed by atoms with Gasteiger partial charge in [-0.05, 0) is 52.3 Å². The zero-order valence-electron chi connectivity index (χ0n) is 14.7. The quantitative estimate of drug-likeness (QED) is 0.298. The molecule has 0 spiro atoms. The summed E-state index contributed by atoms with van der Waals surface area (Å²) < 4.78 is 17.9. The van der Waals surface area contributed by atoms with Gasteiger partial charge < -0.3 is 13.9 Å². The van der Waals surface area contributed by atoms with E-state index in [0.29, 0.717) is 27.1 Å². The van der Waals surface area contributed by atoms with E-state index in [1.54, 1.807) is 24.3 Å². The molecule has 2 aromatic carbocycles. The monoisotopic (exact) mass is 504 g/mol. The average Bonchev–Trinajstić information content (AvgIpc) is 3.10. The maximum atomic E-state index is 12.3. The predicted molar refractivity (Wildman–Crippen MR) is 114 cm³/mol. The molecule has 3 aromatic rings. The van der Waals surface area contributed by atoms with Gasteiger partial charge in [0.15, 0.2) is 17.3 Å². The molecular formula is C20H14Br2N2O4. The maximum Gasteiger partial charge on any atom is 0.307 e.